The fourth-order valence-corrected chi connectivity index (χ4v) is 2.94. The highest BCUT2D eigenvalue weighted by Crippen LogP contribution is 2.23. The number of carbonyl (C=O) groups is 1. The van der Waals surface area contributed by atoms with Gasteiger partial charge in [-0.2, -0.15) is 0 Å². The van der Waals surface area contributed by atoms with Crippen LogP contribution in [0.1, 0.15) is 19.8 Å². The van der Waals surface area contributed by atoms with E-state index in [-0.39, 0.29) is 18.7 Å². The van der Waals surface area contributed by atoms with Crippen molar-refractivity contribution in [3.63, 3.8) is 0 Å². The molecule has 0 bridgehead atoms. The number of urea groups is 1. The van der Waals surface area contributed by atoms with Crippen molar-refractivity contribution in [2.45, 2.75) is 25.8 Å². The molecule has 2 rings (SSSR count). The molecule has 0 radical (unpaired) electrons. The zero-order valence-corrected chi connectivity index (χ0v) is 13.7. The van der Waals surface area contributed by atoms with E-state index in [4.69, 9.17) is 16.7 Å². The lowest BCUT2D eigenvalue weighted by atomic mass is 10.2. The van der Waals surface area contributed by atoms with E-state index >= 15 is 0 Å². The number of nitrogens with one attached hydrogen (secondary N) is 1. The molecular formula is C16H24ClN3O2. The minimum atomic E-state index is -0.0890. The molecule has 2 N–H and O–H groups in total. The Kier molecular flexibility index (Phi) is 6.34. The molecule has 122 valence electrons. The predicted molar refractivity (Wildman–Crippen MR) is 89.6 cm³/mol. The standard InChI is InChI=1S/C16H24ClN3O2/c1-2-7-19(9-10-21)16(22)18-14-6-8-20(12-14)15-5-3-4-13(17)11-15/h3-5,11,14,21H,2,6-10,12H2,1H3,(H,18,22)/t14-/m1/s1. The van der Waals surface area contributed by atoms with Gasteiger partial charge >= 0.3 is 6.03 Å². The first kappa shape index (κ1) is 16.9. The fourth-order valence-electron chi connectivity index (χ4n) is 2.76. The van der Waals surface area contributed by atoms with Crippen molar-refractivity contribution in [1.82, 2.24) is 10.2 Å². The summed E-state index contributed by atoms with van der Waals surface area (Å²) in [7, 11) is 0. The van der Waals surface area contributed by atoms with Gasteiger partial charge in [0.15, 0.2) is 0 Å². The Morgan fingerprint density at radius 2 is 2.32 bits per heavy atom. The average Bonchev–Trinajstić information content (AvgIpc) is 2.95. The molecule has 0 unspecified atom stereocenters. The van der Waals surface area contributed by atoms with E-state index in [9.17, 15) is 4.79 Å². The van der Waals surface area contributed by atoms with E-state index in [1.165, 1.54) is 0 Å². The Labute approximate surface area is 136 Å². The van der Waals surface area contributed by atoms with Crippen molar-refractivity contribution >= 4 is 23.3 Å². The van der Waals surface area contributed by atoms with Crippen LogP contribution in [0.3, 0.4) is 0 Å². The number of nitrogens with zero attached hydrogens (tertiary/aromatic N) is 2. The highest BCUT2D eigenvalue weighted by atomic mass is 35.5. The smallest absolute Gasteiger partial charge is 0.317 e. The molecule has 2 amide bonds. The van der Waals surface area contributed by atoms with Gasteiger partial charge in [0.1, 0.15) is 0 Å². The van der Waals surface area contributed by atoms with Gasteiger partial charge in [-0.3, -0.25) is 0 Å². The van der Waals surface area contributed by atoms with Gasteiger partial charge in [0.2, 0.25) is 0 Å². The van der Waals surface area contributed by atoms with Gasteiger partial charge in [0.25, 0.3) is 0 Å². The summed E-state index contributed by atoms with van der Waals surface area (Å²) in [6, 6.07) is 7.82. The average molecular weight is 326 g/mol. The molecule has 1 aromatic rings. The monoisotopic (exact) mass is 325 g/mol. The van der Waals surface area contributed by atoms with Gasteiger partial charge < -0.3 is 20.2 Å². The molecular weight excluding hydrogens is 302 g/mol. The van der Waals surface area contributed by atoms with Gasteiger partial charge in [-0.25, -0.2) is 4.79 Å². The zero-order valence-electron chi connectivity index (χ0n) is 13.0. The number of carbonyl (C=O) groups excluding carboxylic acids is 1. The molecule has 22 heavy (non-hydrogen) atoms. The quantitative estimate of drug-likeness (QED) is 0.844. The number of hydrogen-bond donors (Lipinski definition) is 2. The lowest BCUT2D eigenvalue weighted by Crippen LogP contribution is -2.47. The number of aliphatic hydroxyl groups is 1. The third-order valence-corrected chi connectivity index (χ3v) is 4.07. The molecule has 1 saturated heterocycles. The number of amides is 2. The van der Waals surface area contributed by atoms with Gasteiger partial charge in [0, 0.05) is 42.9 Å². The third-order valence-electron chi connectivity index (χ3n) is 3.84. The second-order valence-corrected chi connectivity index (χ2v) is 6.01. The lowest BCUT2D eigenvalue weighted by molar-refractivity contribution is 0.174. The summed E-state index contributed by atoms with van der Waals surface area (Å²) in [4.78, 5) is 16.1. The molecule has 1 fully saturated rings. The molecule has 5 nitrogen and oxygen atoms in total. The Hall–Kier alpha value is -1.46. The van der Waals surface area contributed by atoms with Crippen molar-refractivity contribution in [2.24, 2.45) is 0 Å². The van der Waals surface area contributed by atoms with Crippen LogP contribution in [-0.2, 0) is 0 Å². The first-order chi connectivity index (χ1) is 10.6. The van der Waals surface area contributed by atoms with Crippen LogP contribution in [0.25, 0.3) is 0 Å². The van der Waals surface area contributed by atoms with Gasteiger partial charge in [-0.05, 0) is 31.0 Å². The van der Waals surface area contributed by atoms with Crippen molar-refractivity contribution < 1.29 is 9.90 Å². The van der Waals surface area contributed by atoms with Crippen LogP contribution >= 0.6 is 11.6 Å². The third kappa shape index (κ3) is 4.52. The normalized spacial score (nSPS) is 17.6. The molecule has 0 aliphatic carbocycles. The van der Waals surface area contributed by atoms with E-state index in [2.05, 4.69) is 10.2 Å². The molecule has 1 aliphatic heterocycles. The van der Waals surface area contributed by atoms with Crippen LogP contribution in [0.2, 0.25) is 5.02 Å². The zero-order chi connectivity index (χ0) is 15.9. The van der Waals surface area contributed by atoms with E-state index in [0.717, 1.165) is 36.6 Å². The summed E-state index contributed by atoms with van der Waals surface area (Å²) in [5, 5.41) is 12.8. The van der Waals surface area contributed by atoms with Crippen molar-refractivity contribution in [3.8, 4) is 0 Å². The molecule has 0 spiro atoms. The number of rotatable bonds is 6. The first-order valence-corrected chi connectivity index (χ1v) is 8.18. The molecule has 1 aliphatic rings. The van der Waals surface area contributed by atoms with Crippen molar-refractivity contribution in [3.05, 3.63) is 29.3 Å². The summed E-state index contributed by atoms with van der Waals surface area (Å²) >= 11 is 6.03. The van der Waals surface area contributed by atoms with Crippen LogP contribution in [0.5, 0.6) is 0 Å². The molecule has 6 heteroatoms. The molecule has 1 heterocycles. The number of halogens is 1. The Morgan fingerprint density at radius 3 is 3.00 bits per heavy atom. The second kappa shape index (κ2) is 8.25. The number of hydrogen-bond acceptors (Lipinski definition) is 3. The number of anilines is 1. The van der Waals surface area contributed by atoms with Gasteiger partial charge in [-0.1, -0.05) is 24.6 Å². The summed E-state index contributed by atoms with van der Waals surface area (Å²) in [6.45, 7) is 4.74. The van der Waals surface area contributed by atoms with Crippen LogP contribution in [0, 0.1) is 0 Å². The summed E-state index contributed by atoms with van der Waals surface area (Å²) in [5.74, 6) is 0. The van der Waals surface area contributed by atoms with E-state index < -0.39 is 0 Å². The van der Waals surface area contributed by atoms with Crippen LogP contribution < -0.4 is 10.2 Å². The second-order valence-electron chi connectivity index (χ2n) is 5.57. The van der Waals surface area contributed by atoms with Crippen LogP contribution in [-0.4, -0.2) is 54.9 Å². The van der Waals surface area contributed by atoms with Crippen molar-refractivity contribution in [1.29, 1.82) is 0 Å². The van der Waals surface area contributed by atoms with Crippen molar-refractivity contribution in [2.75, 3.05) is 37.7 Å². The van der Waals surface area contributed by atoms with E-state index in [1.54, 1.807) is 4.90 Å². The molecule has 0 aromatic heterocycles. The summed E-state index contributed by atoms with van der Waals surface area (Å²) < 4.78 is 0. The van der Waals surface area contributed by atoms with E-state index in [1.807, 2.05) is 31.2 Å². The Balaban J connectivity index is 1.89. The van der Waals surface area contributed by atoms with Gasteiger partial charge in [0.05, 0.1) is 6.61 Å². The minimum absolute atomic E-state index is 0.00722. The summed E-state index contributed by atoms with van der Waals surface area (Å²) in [6.07, 6.45) is 1.80. The van der Waals surface area contributed by atoms with Gasteiger partial charge in [-0.15, -0.1) is 0 Å². The summed E-state index contributed by atoms with van der Waals surface area (Å²) in [5.41, 5.74) is 1.09. The SMILES string of the molecule is CCCN(CCO)C(=O)N[C@@H]1CCN(c2cccc(Cl)c2)C1. The van der Waals surface area contributed by atoms with E-state index in [0.29, 0.717) is 13.1 Å². The minimum Gasteiger partial charge on any atom is -0.395 e. The predicted octanol–water partition coefficient (Wildman–Crippen LogP) is 2.33. The largest absolute Gasteiger partial charge is 0.395 e. The van der Waals surface area contributed by atoms with Crippen LogP contribution in [0.4, 0.5) is 10.5 Å². The maximum Gasteiger partial charge on any atom is 0.317 e. The maximum absolute atomic E-state index is 12.2. The first-order valence-electron chi connectivity index (χ1n) is 7.81. The fraction of sp³-hybridized carbons (Fsp3) is 0.562. The number of benzene rings is 1. The highest BCUT2D eigenvalue weighted by molar-refractivity contribution is 6.30. The molecule has 0 saturated carbocycles. The molecule has 1 atom stereocenters. The lowest BCUT2D eigenvalue weighted by Gasteiger charge is -2.24. The Morgan fingerprint density at radius 1 is 1.50 bits per heavy atom. The topological polar surface area (TPSA) is 55.8 Å². The van der Waals surface area contributed by atoms with Crippen LogP contribution in [0.15, 0.2) is 24.3 Å². The number of aliphatic hydroxyl groups excluding tert-OH is 1. The Bertz CT molecular complexity index is 492. The highest BCUT2D eigenvalue weighted by Gasteiger charge is 2.25. The maximum atomic E-state index is 12.2. The molecule has 1 aromatic carbocycles.